The minimum atomic E-state index is -4.42. The maximum absolute atomic E-state index is 13.8. The van der Waals surface area contributed by atoms with Crippen LogP contribution in [0.3, 0.4) is 0 Å². The Morgan fingerprint density at radius 1 is 0.897 bits per heavy atom. The van der Waals surface area contributed by atoms with Crippen molar-refractivity contribution in [2.45, 2.75) is 6.18 Å². The van der Waals surface area contributed by atoms with Crippen LogP contribution in [0.25, 0.3) is 31.8 Å². The van der Waals surface area contributed by atoms with Gasteiger partial charge in [-0.15, -0.1) is 0 Å². The number of halogens is 4. The molecule has 0 amide bonds. The van der Waals surface area contributed by atoms with Crippen LogP contribution in [0.15, 0.2) is 60.9 Å². The van der Waals surface area contributed by atoms with E-state index in [1.165, 1.54) is 29.5 Å². The zero-order chi connectivity index (χ0) is 20.2. The van der Waals surface area contributed by atoms with Gasteiger partial charge in [-0.3, -0.25) is 4.98 Å². The summed E-state index contributed by atoms with van der Waals surface area (Å²) in [7, 11) is 0. The zero-order valence-electron chi connectivity index (χ0n) is 14.6. The Balaban J connectivity index is 1.70. The van der Waals surface area contributed by atoms with E-state index in [1.54, 1.807) is 24.5 Å². The molecule has 0 saturated heterocycles. The van der Waals surface area contributed by atoms with Gasteiger partial charge in [-0.25, -0.2) is 9.37 Å². The number of aromatic nitrogens is 2. The van der Waals surface area contributed by atoms with Crippen molar-refractivity contribution in [3.8, 4) is 0 Å². The molecule has 2 heterocycles. The predicted molar refractivity (Wildman–Crippen MR) is 107 cm³/mol. The number of anilines is 2. The second-order valence-electron chi connectivity index (χ2n) is 6.51. The summed E-state index contributed by atoms with van der Waals surface area (Å²) in [6, 6.07) is 11.3. The molecule has 8 heteroatoms. The van der Waals surface area contributed by atoms with Crippen LogP contribution in [-0.4, -0.2) is 9.97 Å². The average Bonchev–Trinajstić information content (AvgIpc) is 3.11. The average molecular weight is 413 g/mol. The molecule has 0 saturated carbocycles. The van der Waals surface area contributed by atoms with Crippen molar-refractivity contribution in [2.24, 2.45) is 0 Å². The molecule has 0 spiro atoms. The van der Waals surface area contributed by atoms with E-state index in [2.05, 4.69) is 15.3 Å². The first-order chi connectivity index (χ1) is 13.9. The van der Waals surface area contributed by atoms with Gasteiger partial charge >= 0.3 is 6.18 Å². The molecule has 3 aromatic carbocycles. The third kappa shape index (κ3) is 3.05. The molecule has 5 rings (SSSR count). The molecule has 0 aliphatic heterocycles. The fourth-order valence-electron chi connectivity index (χ4n) is 3.39. The van der Waals surface area contributed by atoms with E-state index < -0.39 is 11.7 Å². The molecule has 0 radical (unpaired) electrons. The van der Waals surface area contributed by atoms with Crippen molar-refractivity contribution in [2.75, 3.05) is 5.32 Å². The Kier molecular flexibility index (Phi) is 3.92. The van der Waals surface area contributed by atoms with E-state index in [4.69, 9.17) is 0 Å². The van der Waals surface area contributed by atoms with Crippen molar-refractivity contribution in [1.82, 2.24) is 9.97 Å². The minimum Gasteiger partial charge on any atom is -0.332 e. The Hall–Kier alpha value is -3.26. The first kappa shape index (κ1) is 17.8. The van der Waals surface area contributed by atoms with E-state index in [1.807, 2.05) is 6.07 Å². The van der Waals surface area contributed by atoms with Crippen molar-refractivity contribution >= 4 is 53.9 Å². The van der Waals surface area contributed by atoms with E-state index in [9.17, 15) is 17.6 Å². The fourth-order valence-corrected chi connectivity index (χ4v) is 4.43. The number of hydrogen-bond donors (Lipinski definition) is 1. The summed E-state index contributed by atoms with van der Waals surface area (Å²) in [6.45, 7) is 0. The SMILES string of the molecule is Fc1ccc2c(c1)c1cnccc1c1sc(Nc3cccc(C(F)(F)F)c3)nc21. The van der Waals surface area contributed by atoms with Crippen molar-refractivity contribution in [1.29, 1.82) is 0 Å². The third-order valence-corrected chi connectivity index (χ3v) is 5.67. The normalized spacial score (nSPS) is 12.1. The number of hydrogen-bond acceptors (Lipinski definition) is 4. The molecular formula is C21H11F4N3S. The van der Waals surface area contributed by atoms with Gasteiger partial charge < -0.3 is 5.32 Å². The second kappa shape index (κ2) is 6.38. The molecule has 0 aliphatic carbocycles. The van der Waals surface area contributed by atoms with Crippen molar-refractivity contribution in [3.05, 3.63) is 72.3 Å². The number of alkyl halides is 3. The summed E-state index contributed by atoms with van der Waals surface area (Å²) in [5.74, 6) is -0.362. The number of nitrogens with one attached hydrogen (secondary N) is 1. The maximum Gasteiger partial charge on any atom is 0.416 e. The molecule has 3 nitrogen and oxygen atoms in total. The predicted octanol–water partition coefficient (Wildman–Crippen LogP) is 6.90. The van der Waals surface area contributed by atoms with Gasteiger partial charge in [0.1, 0.15) is 5.82 Å². The Labute approximate surface area is 165 Å². The van der Waals surface area contributed by atoms with Crippen LogP contribution in [0.4, 0.5) is 28.4 Å². The number of rotatable bonds is 2. The molecule has 2 aromatic heterocycles. The van der Waals surface area contributed by atoms with Gasteiger partial charge in [0.2, 0.25) is 0 Å². The molecule has 1 N–H and O–H groups in total. The van der Waals surface area contributed by atoms with Gasteiger partial charge in [0, 0.05) is 34.2 Å². The number of pyridine rings is 1. The number of nitrogens with zero attached hydrogens (tertiary/aromatic N) is 2. The van der Waals surface area contributed by atoms with Gasteiger partial charge in [-0.1, -0.05) is 17.4 Å². The molecule has 0 unspecified atom stereocenters. The summed E-state index contributed by atoms with van der Waals surface area (Å²) in [4.78, 5) is 8.74. The highest BCUT2D eigenvalue weighted by Crippen LogP contribution is 2.40. The first-order valence-electron chi connectivity index (χ1n) is 8.60. The monoisotopic (exact) mass is 413 g/mol. The third-order valence-electron chi connectivity index (χ3n) is 4.66. The van der Waals surface area contributed by atoms with E-state index in [-0.39, 0.29) is 5.82 Å². The highest BCUT2D eigenvalue weighted by Gasteiger charge is 2.30. The molecule has 0 bridgehead atoms. The minimum absolute atomic E-state index is 0.292. The fraction of sp³-hybridized carbons (Fsp3) is 0.0476. The quantitative estimate of drug-likeness (QED) is 0.253. The topological polar surface area (TPSA) is 37.8 Å². The van der Waals surface area contributed by atoms with Gasteiger partial charge in [0.25, 0.3) is 0 Å². The molecule has 144 valence electrons. The highest BCUT2D eigenvalue weighted by atomic mass is 32.1. The van der Waals surface area contributed by atoms with E-state index in [0.717, 1.165) is 33.0 Å². The number of fused-ring (bicyclic) bond motifs is 6. The lowest BCUT2D eigenvalue weighted by Gasteiger charge is -2.08. The van der Waals surface area contributed by atoms with Crippen molar-refractivity contribution in [3.63, 3.8) is 0 Å². The van der Waals surface area contributed by atoms with Crippen LogP contribution in [-0.2, 0) is 6.18 Å². The molecular weight excluding hydrogens is 402 g/mol. The summed E-state index contributed by atoms with van der Waals surface area (Å²) in [6.07, 6.45) is -1.10. The van der Waals surface area contributed by atoms with Gasteiger partial charge in [-0.2, -0.15) is 13.2 Å². The molecule has 0 aliphatic rings. The van der Waals surface area contributed by atoms with Crippen LogP contribution >= 0.6 is 11.3 Å². The standard InChI is InChI=1S/C21H11F4N3S/c22-12-4-5-14-16(9-12)17-10-26-7-6-15(17)19-18(14)28-20(29-19)27-13-3-1-2-11(8-13)21(23,24)25/h1-10H,(H,27,28). The summed E-state index contributed by atoms with van der Waals surface area (Å²) in [5, 5.41) is 6.53. The summed E-state index contributed by atoms with van der Waals surface area (Å²) < 4.78 is 53.6. The van der Waals surface area contributed by atoms with Gasteiger partial charge in [0.15, 0.2) is 5.13 Å². The highest BCUT2D eigenvalue weighted by molar-refractivity contribution is 7.23. The molecule has 0 atom stereocenters. The van der Waals surface area contributed by atoms with Gasteiger partial charge in [0.05, 0.1) is 15.8 Å². The van der Waals surface area contributed by atoms with Gasteiger partial charge in [-0.05, 0) is 47.9 Å². The Morgan fingerprint density at radius 2 is 1.76 bits per heavy atom. The van der Waals surface area contributed by atoms with Crippen LogP contribution in [0.2, 0.25) is 0 Å². The first-order valence-corrected chi connectivity index (χ1v) is 9.41. The zero-order valence-corrected chi connectivity index (χ0v) is 15.4. The van der Waals surface area contributed by atoms with Crippen molar-refractivity contribution < 1.29 is 17.6 Å². The van der Waals surface area contributed by atoms with E-state index in [0.29, 0.717) is 21.7 Å². The van der Waals surface area contributed by atoms with Crippen LogP contribution in [0.1, 0.15) is 5.56 Å². The molecule has 5 aromatic rings. The van der Waals surface area contributed by atoms with E-state index >= 15 is 0 Å². The lowest BCUT2D eigenvalue weighted by molar-refractivity contribution is -0.137. The molecule has 0 fully saturated rings. The number of benzene rings is 3. The molecule has 29 heavy (non-hydrogen) atoms. The summed E-state index contributed by atoms with van der Waals surface area (Å²) >= 11 is 1.33. The lowest BCUT2D eigenvalue weighted by atomic mass is 10.0. The summed E-state index contributed by atoms with van der Waals surface area (Å²) in [5.41, 5.74) is 0.222. The van der Waals surface area contributed by atoms with Crippen LogP contribution < -0.4 is 5.32 Å². The largest absolute Gasteiger partial charge is 0.416 e. The van der Waals surface area contributed by atoms with Crippen LogP contribution in [0, 0.1) is 5.82 Å². The lowest BCUT2D eigenvalue weighted by Crippen LogP contribution is -2.05. The Morgan fingerprint density at radius 3 is 2.59 bits per heavy atom. The number of thiazole rings is 1. The Bertz CT molecular complexity index is 1390. The second-order valence-corrected chi connectivity index (χ2v) is 7.51. The maximum atomic E-state index is 13.8. The van der Waals surface area contributed by atoms with Crippen LogP contribution in [0.5, 0.6) is 0 Å². The smallest absolute Gasteiger partial charge is 0.332 e.